The van der Waals surface area contributed by atoms with Crippen LogP contribution in [0.15, 0.2) is 11.5 Å². The van der Waals surface area contributed by atoms with Gasteiger partial charge in [-0.2, -0.15) is 0 Å². The second-order valence-electron chi connectivity index (χ2n) is 3.69. The van der Waals surface area contributed by atoms with E-state index in [1.165, 1.54) is 5.41 Å². The highest BCUT2D eigenvalue weighted by Crippen LogP contribution is 2.19. The fraction of sp³-hybridized carbons (Fsp3) is 0.700. The number of sulfone groups is 1. The van der Waals surface area contributed by atoms with Gasteiger partial charge in [0.1, 0.15) is 0 Å². The molecular formula is C10H17NO3S. The number of rotatable bonds is 4. The summed E-state index contributed by atoms with van der Waals surface area (Å²) in [6.45, 7) is 5.20. The lowest BCUT2D eigenvalue weighted by Gasteiger charge is -2.19. The van der Waals surface area contributed by atoms with Crippen molar-refractivity contribution in [2.45, 2.75) is 20.3 Å². The highest BCUT2D eigenvalue weighted by atomic mass is 32.2. The van der Waals surface area contributed by atoms with Gasteiger partial charge in [0.2, 0.25) is 5.91 Å². The van der Waals surface area contributed by atoms with Crippen molar-refractivity contribution in [3.8, 4) is 0 Å². The molecule has 1 heterocycles. The van der Waals surface area contributed by atoms with Crippen LogP contribution in [0.25, 0.3) is 0 Å². The fourth-order valence-electron chi connectivity index (χ4n) is 1.70. The molecule has 0 aromatic carbocycles. The molecule has 0 bridgehead atoms. The Hall–Kier alpha value is -0.840. The minimum atomic E-state index is -3.03. The van der Waals surface area contributed by atoms with Gasteiger partial charge in [0.15, 0.2) is 9.84 Å². The molecule has 0 N–H and O–H groups in total. The Balaban J connectivity index is 2.51. The van der Waals surface area contributed by atoms with Gasteiger partial charge in [0.25, 0.3) is 0 Å². The van der Waals surface area contributed by atoms with E-state index in [2.05, 4.69) is 0 Å². The first-order valence-electron chi connectivity index (χ1n) is 5.17. The normalized spacial score (nSPS) is 22.9. The molecule has 4 nitrogen and oxygen atoms in total. The molecule has 0 spiro atoms. The summed E-state index contributed by atoms with van der Waals surface area (Å²) in [5.41, 5.74) is 0. The van der Waals surface area contributed by atoms with E-state index in [-0.39, 0.29) is 17.6 Å². The maximum absolute atomic E-state index is 11.7. The number of carbonyl (C=O) groups is 1. The molecule has 0 saturated heterocycles. The smallest absolute Gasteiger partial charge is 0.223 e. The fourth-order valence-corrected chi connectivity index (χ4v) is 3.10. The zero-order valence-corrected chi connectivity index (χ0v) is 9.96. The first-order valence-corrected chi connectivity index (χ1v) is 6.88. The molecule has 1 atom stereocenters. The molecule has 86 valence electrons. The van der Waals surface area contributed by atoms with Gasteiger partial charge >= 0.3 is 0 Å². The quantitative estimate of drug-likeness (QED) is 0.719. The minimum absolute atomic E-state index is 0.0340. The topological polar surface area (TPSA) is 54.5 Å². The zero-order valence-electron chi connectivity index (χ0n) is 9.14. The molecule has 0 aromatic rings. The minimum Gasteiger partial charge on any atom is -0.343 e. The van der Waals surface area contributed by atoms with Crippen molar-refractivity contribution < 1.29 is 13.2 Å². The van der Waals surface area contributed by atoms with Crippen molar-refractivity contribution in [1.82, 2.24) is 4.90 Å². The van der Waals surface area contributed by atoms with E-state index < -0.39 is 9.84 Å². The van der Waals surface area contributed by atoms with Crippen LogP contribution in [-0.4, -0.2) is 38.1 Å². The van der Waals surface area contributed by atoms with Crippen molar-refractivity contribution in [3.05, 3.63) is 11.5 Å². The van der Waals surface area contributed by atoms with Gasteiger partial charge in [-0.3, -0.25) is 4.79 Å². The van der Waals surface area contributed by atoms with Crippen LogP contribution in [0.4, 0.5) is 0 Å². The van der Waals surface area contributed by atoms with Crippen LogP contribution in [-0.2, 0) is 14.6 Å². The first kappa shape index (κ1) is 12.2. The van der Waals surface area contributed by atoms with Gasteiger partial charge in [-0.15, -0.1) is 0 Å². The Labute approximate surface area is 90.9 Å². The Morgan fingerprint density at radius 3 is 2.40 bits per heavy atom. The molecule has 15 heavy (non-hydrogen) atoms. The number of hydrogen-bond acceptors (Lipinski definition) is 3. The molecule has 5 heteroatoms. The van der Waals surface area contributed by atoms with Crippen molar-refractivity contribution in [2.75, 3.05) is 18.8 Å². The molecule has 0 aliphatic carbocycles. The second kappa shape index (κ2) is 4.79. The van der Waals surface area contributed by atoms with E-state index in [1.54, 1.807) is 11.0 Å². The van der Waals surface area contributed by atoms with Gasteiger partial charge < -0.3 is 4.90 Å². The summed E-state index contributed by atoms with van der Waals surface area (Å²) in [6, 6.07) is 0. The van der Waals surface area contributed by atoms with Gasteiger partial charge in [-0.05, 0) is 13.8 Å². The van der Waals surface area contributed by atoms with Gasteiger partial charge in [0.05, 0.1) is 5.75 Å². The van der Waals surface area contributed by atoms with E-state index in [4.69, 9.17) is 0 Å². The van der Waals surface area contributed by atoms with E-state index in [1.807, 2.05) is 13.8 Å². The molecule has 0 radical (unpaired) electrons. The van der Waals surface area contributed by atoms with Crippen LogP contribution in [0.5, 0.6) is 0 Å². The predicted octanol–water partition coefficient (Wildman–Crippen LogP) is 0.803. The van der Waals surface area contributed by atoms with Crippen molar-refractivity contribution in [3.63, 3.8) is 0 Å². The number of amides is 1. The highest BCUT2D eigenvalue weighted by Gasteiger charge is 2.25. The highest BCUT2D eigenvalue weighted by molar-refractivity contribution is 7.94. The average molecular weight is 231 g/mol. The second-order valence-corrected chi connectivity index (χ2v) is 5.62. The van der Waals surface area contributed by atoms with Crippen LogP contribution < -0.4 is 0 Å². The lowest BCUT2D eigenvalue weighted by Crippen LogP contribution is -2.32. The van der Waals surface area contributed by atoms with Crippen molar-refractivity contribution in [2.24, 2.45) is 5.92 Å². The van der Waals surface area contributed by atoms with Crippen molar-refractivity contribution >= 4 is 15.7 Å². The van der Waals surface area contributed by atoms with E-state index in [9.17, 15) is 13.2 Å². The Bertz CT molecular complexity index is 355. The number of carbonyl (C=O) groups excluding carboxylic acids is 1. The summed E-state index contributed by atoms with van der Waals surface area (Å²) < 4.78 is 22.2. The monoisotopic (exact) mass is 231 g/mol. The molecule has 1 amide bonds. The summed E-state index contributed by atoms with van der Waals surface area (Å²) in [6.07, 6.45) is 1.92. The number of hydrogen-bond donors (Lipinski definition) is 0. The van der Waals surface area contributed by atoms with Crippen molar-refractivity contribution in [1.29, 1.82) is 0 Å². The summed E-state index contributed by atoms with van der Waals surface area (Å²) in [4.78, 5) is 13.4. The molecule has 0 fully saturated rings. The molecule has 1 aliphatic heterocycles. The largest absolute Gasteiger partial charge is 0.343 e. The summed E-state index contributed by atoms with van der Waals surface area (Å²) in [5, 5.41) is 1.22. The van der Waals surface area contributed by atoms with Crippen LogP contribution in [0.2, 0.25) is 0 Å². The zero-order chi connectivity index (χ0) is 11.5. The number of nitrogens with zero attached hydrogens (tertiary/aromatic N) is 1. The lowest BCUT2D eigenvalue weighted by molar-refractivity contribution is -0.131. The first-order chi connectivity index (χ1) is 6.98. The predicted molar refractivity (Wildman–Crippen MR) is 59.0 cm³/mol. The third-order valence-electron chi connectivity index (χ3n) is 2.56. The maximum atomic E-state index is 11.7. The average Bonchev–Trinajstić information content (AvgIpc) is 2.47. The standard InChI is InChI=1S/C10H17NO3S/c1-3-11(4-2)10(12)7-9-5-6-15(13,14)8-9/h5-6,9H,3-4,7-8H2,1-2H3. The van der Waals surface area contributed by atoms with Crippen LogP contribution in [0.3, 0.4) is 0 Å². The molecular weight excluding hydrogens is 214 g/mol. The SMILES string of the molecule is CCN(CC)C(=O)CC1C=CS(=O)(=O)C1. The molecule has 0 aromatic heterocycles. The molecule has 1 unspecified atom stereocenters. The summed E-state index contributed by atoms with van der Waals surface area (Å²) in [7, 11) is -3.03. The molecule has 1 aliphatic rings. The Morgan fingerprint density at radius 2 is 2.00 bits per heavy atom. The van der Waals surface area contributed by atoms with E-state index in [0.29, 0.717) is 19.5 Å². The number of allylic oxidation sites excluding steroid dienone is 1. The summed E-state index contributed by atoms with van der Waals surface area (Å²) >= 11 is 0. The van der Waals surface area contributed by atoms with Gasteiger partial charge in [-0.1, -0.05) is 6.08 Å². The van der Waals surface area contributed by atoms with Crippen LogP contribution in [0, 0.1) is 5.92 Å². The Kier molecular flexibility index (Phi) is 3.90. The van der Waals surface area contributed by atoms with E-state index in [0.717, 1.165) is 0 Å². The maximum Gasteiger partial charge on any atom is 0.223 e. The molecule has 0 saturated carbocycles. The third-order valence-corrected chi connectivity index (χ3v) is 4.02. The van der Waals surface area contributed by atoms with Crippen LogP contribution in [0.1, 0.15) is 20.3 Å². The third kappa shape index (κ3) is 3.34. The van der Waals surface area contributed by atoms with Gasteiger partial charge in [0, 0.05) is 30.8 Å². The van der Waals surface area contributed by atoms with Gasteiger partial charge in [-0.25, -0.2) is 8.42 Å². The lowest BCUT2D eigenvalue weighted by atomic mass is 10.1. The Morgan fingerprint density at radius 1 is 1.40 bits per heavy atom. The van der Waals surface area contributed by atoms with Crippen LogP contribution >= 0.6 is 0 Å². The summed E-state index contributed by atoms with van der Waals surface area (Å²) in [5.74, 6) is -0.0186. The molecule has 1 rings (SSSR count). The van der Waals surface area contributed by atoms with E-state index >= 15 is 0 Å².